The highest BCUT2D eigenvalue weighted by atomic mass is 35.5. The topological polar surface area (TPSA) is 59.2 Å². The zero-order valence-corrected chi connectivity index (χ0v) is 20.4. The number of aromatic amines is 1. The van der Waals surface area contributed by atoms with Gasteiger partial charge >= 0.3 is 0 Å². The van der Waals surface area contributed by atoms with Gasteiger partial charge in [0.15, 0.2) is 11.5 Å². The SMILES string of the molecule is CCOc1cc(CNCCc2nc3ccccc3[nH]2)cc(Cl)c1OCc1ccc(Cl)c(Cl)c1. The predicted octanol–water partition coefficient (Wildman–Crippen LogP) is 6.83. The zero-order valence-electron chi connectivity index (χ0n) is 18.1. The van der Waals surface area contributed by atoms with Crippen LogP contribution in [0.4, 0.5) is 0 Å². The van der Waals surface area contributed by atoms with Crippen LogP contribution in [0.5, 0.6) is 11.5 Å². The molecule has 0 spiro atoms. The Morgan fingerprint density at radius 2 is 1.73 bits per heavy atom. The number of nitrogens with one attached hydrogen (secondary N) is 2. The molecule has 2 N–H and O–H groups in total. The number of hydrogen-bond acceptors (Lipinski definition) is 4. The van der Waals surface area contributed by atoms with Gasteiger partial charge in [-0.25, -0.2) is 4.98 Å². The van der Waals surface area contributed by atoms with Crippen molar-refractivity contribution in [2.45, 2.75) is 26.5 Å². The molecule has 0 aliphatic carbocycles. The maximum atomic E-state index is 6.55. The minimum atomic E-state index is 0.297. The molecule has 0 radical (unpaired) electrons. The van der Waals surface area contributed by atoms with Crippen LogP contribution in [0.15, 0.2) is 54.6 Å². The molecule has 0 unspecified atom stereocenters. The molecule has 0 bridgehead atoms. The molecule has 172 valence electrons. The van der Waals surface area contributed by atoms with Gasteiger partial charge < -0.3 is 19.8 Å². The third kappa shape index (κ3) is 6.12. The molecule has 1 aromatic heterocycles. The molecule has 1 heterocycles. The summed E-state index contributed by atoms with van der Waals surface area (Å²) in [6, 6.07) is 17.3. The zero-order chi connectivity index (χ0) is 23.2. The third-order valence-corrected chi connectivity index (χ3v) is 6.06. The Hall–Kier alpha value is -2.44. The van der Waals surface area contributed by atoms with Crippen LogP contribution in [0.1, 0.15) is 23.9 Å². The molecule has 5 nitrogen and oxygen atoms in total. The van der Waals surface area contributed by atoms with Crippen molar-refractivity contribution in [1.29, 1.82) is 0 Å². The number of fused-ring (bicyclic) bond motifs is 1. The van der Waals surface area contributed by atoms with Crippen molar-refractivity contribution in [1.82, 2.24) is 15.3 Å². The summed E-state index contributed by atoms with van der Waals surface area (Å²) in [5, 5.41) is 4.92. The van der Waals surface area contributed by atoms with E-state index in [9.17, 15) is 0 Å². The van der Waals surface area contributed by atoms with Crippen LogP contribution in [-0.4, -0.2) is 23.1 Å². The van der Waals surface area contributed by atoms with Crippen LogP contribution in [0.2, 0.25) is 15.1 Å². The second kappa shape index (κ2) is 11.1. The number of nitrogens with zero attached hydrogens (tertiary/aromatic N) is 1. The molecule has 4 rings (SSSR count). The van der Waals surface area contributed by atoms with E-state index >= 15 is 0 Å². The smallest absolute Gasteiger partial charge is 0.180 e. The van der Waals surface area contributed by atoms with Crippen molar-refractivity contribution in [2.24, 2.45) is 0 Å². The predicted molar refractivity (Wildman–Crippen MR) is 135 cm³/mol. The number of para-hydroxylation sites is 2. The van der Waals surface area contributed by atoms with E-state index in [1.807, 2.05) is 49.4 Å². The summed E-state index contributed by atoms with van der Waals surface area (Å²) in [6.07, 6.45) is 0.797. The van der Waals surface area contributed by atoms with E-state index in [1.54, 1.807) is 12.1 Å². The highest BCUT2D eigenvalue weighted by molar-refractivity contribution is 6.42. The van der Waals surface area contributed by atoms with Gasteiger partial charge in [-0.05, 0) is 54.4 Å². The Morgan fingerprint density at radius 1 is 0.909 bits per heavy atom. The Balaban J connectivity index is 1.37. The Kier molecular flexibility index (Phi) is 7.99. The van der Waals surface area contributed by atoms with Gasteiger partial charge in [0, 0.05) is 19.5 Å². The summed E-state index contributed by atoms with van der Waals surface area (Å²) >= 11 is 18.6. The van der Waals surface area contributed by atoms with Gasteiger partial charge in [0.1, 0.15) is 12.4 Å². The van der Waals surface area contributed by atoms with Gasteiger partial charge in [-0.1, -0.05) is 53.0 Å². The first-order chi connectivity index (χ1) is 16.0. The summed E-state index contributed by atoms with van der Waals surface area (Å²) in [5.74, 6) is 2.08. The summed E-state index contributed by atoms with van der Waals surface area (Å²) in [5.41, 5.74) is 3.93. The minimum absolute atomic E-state index is 0.297. The minimum Gasteiger partial charge on any atom is -0.490 e. The van der Waals surface area contributed by atoms with E-state index in [2.05, 4.69) is 15.3 Å². The molecule has 4 aromatic rings. The lowest BCUT2D eigenvalue weighted by molar-refractivity contribution is 0.269. The fraction of sp³-hybridized carbons (Fsp3) is 0.240. The summed E-state index contributed by atoms with van der Waals surface area (Å²) in [4.78, 5) is 7.95. The lowest BCUT2D eigenvalue weighted by Gasteiger charge is -2.16. The fourth-order valence-corrected chi connectivity index (χ4v) is 4.08. The van der Waals surface area contributed by atoms with E-state index in [4.69, 9.17) is 44.3 Å². The van der Waals surface area contributed by atoms with Crippen LogP contribution in [0.25, 0.3) is 11.0 Å². The summed E-state index contributed by atoms with van der Waals surface area (Å²) < 4.78 is 11.8. The highest BCUT2D eigenvalue weighted by Crippen LogP contribution is 2.37. The van der Waals surface area contributed by atoms with E-state index in [0.717, 1.165) is 41.0 Å². The van der Waals surface area contributed by atoms with Crippen molar-refractivity contribution >= 4 is 45.8 Å². The number of H-pyrrole nitrogens is 1. The molecule has 0 saturated carbocycles. The number of hydrogen-bond donors (Lipinski definition) is 2. The van der Waals surface area contributed by atoms with Crippen LogP contribution in [0, 0.1) is 0 Å². The van der Waals surface area contributed by atoms with E-state index in [1.165, 1.54) is 0 Å². The van der Waals surface area contributed by atoms with E-state index in [0.29, 0.717) is 46.3 Å². The molecular formula is C25H24Cl3N3O2. The third-order valence-electron chi connectivity index (χ3n) is 5.04. The number of rotatable bonds is 10. The van der Waals surface area contributed by atoms with Gasteiger partial charge in [0.2, 0.25) is 0 Å². The average molecular weight is 505 g/mol. The maximum absolute atomic E-state index is 6.55. The van der Waals surface area contributed by atoms with Gasteiger partial charge in [0.25, 0.3) is 0 Å². The van der Waals surface area contributed by atoms with Crippen LogP contribution < -0.4 is 14.8 Å². The number of halogens is 3. The molecule has 0 aliphatic heterocycles. The van der Waals surface area contributed by atoms with Crippen molar-refractivity contribution < 1.29 is 9.47 Å². The molecule has 0 aliphatic rings. The van der Waals surface area contributed by atoms with Crippen molar-refractivity contribution in [3.63, 3.8) is 0 Å². The highest BCUT2D eigenvalue weighted by Gasteiger charge is 2.13. The Labute approximate surface area is 208 Å². The fourth-order valence-electron chi connectivity index (χ4n) is 3.47. The van der Waals surface area contributed by atoms with Crippen LogP contribution in [0.3, 0.4) is 0 Å². The summed E-state index contributed by atoms with van der Waals surface area (Å²) in [7, 11) is 0. The number of ether oxygens (including phenoxy) is 2. The molecule has 0 amide bonds. The molecule has 8 heteroatoms. The van der Waals surface area contributed by atoms with Gasteiger partial charge in [-0.3, -0.25) is 0 Å². The lowest BCUT2D eigenvalue weighted by Crippen LogP contribution is -2.17. The normalized spacial score (nSPS) is 11.2. The van der Waals surface area contributed by atoms with Crippen molar-refractivity contribution in [3.05, 3.63) is 86.6 Å². The average Bonchev–Trinajstić information content (AvgIpc) is 3.21. The van der Waals surface area contributed by atoms with Crippen molar-refractivity contribution in [2.75, 3.05) is 13.2 Å². The molecular weight excluding hydrogens is 481 g/mol. The Bertz CT molecular complexity index is 1210. The van der Waals surface area contributed by atoms with Crippen LogP contribution >= 0.6 is 34.8 Å². The quantitative estimate of drug-likeness (QED) is 0.232. The molecule has 0 saturated heterocycles. The second-order valence-electron chi connectivity index (χ2n) is 7.50. The lowest BCUT2D eigenvalue weighted by atomic mass is 10.2. The molecule has 0 fully saturated rings. The first-order valence-electron chi connectivity index (χ1n) is 10.7. The standard InChI is InChI=1S/C25H24Cl3N3O2/c1-2-32-23-13-17(14-29-10-9-24-30-21-5-3-4-6-22(21)31-24)12-20(28)25(23)33-15-16-7-8-18(26)19(27)11-16/h3-8,11-13,29H,2,9-10,14-15H2,1H3,(H,30,31). The van der Waals surface area contributed by atoms with E-state index in [-0.39, 0.29) is 0 Å². The van der Waals surface area contributed by atoms with Crippen molar-refractivity contribution in [3.8, 4) is 11.5 Å². The second-order valence-corrected chi connectivity index (χ2v) is 8.72. The number of imidazole rings is 1. The molecule has 0 atom stereocenters. The van der Waals surface area contributed by atoms with Crippen LogP contribution in [-0.2, 0) is 19.6 Å². The number of benzene rings is 3. The summed E-state index contributed by atoms with van der Waals surface area (Å²) in [6.45, 7) is 4.15. The Morgan fingerprint density at radius 3 is 2.52 bits per heavy atom. The first kappa shape index (κ1) is 23.7. The molecule has 33 heavy (non-hydrogen) atoms. The van der Waals surface area contributed by atoms with Gasteiger partial charge in [0.05, 0.1) is 32.7 Å². The largest absolute Gasteiger partial charge is 0.490 e. The monoisotopic (exact) mass is 503 g/mol. The van der Waals surface area contributed by atoms with Gasteiger partial charge in [-0.2, -0.15) is 0 Å². The number of aromatic nitrogens is 2. The molecule has 3 aromatic carbocycles. The van der Waals surface area contributed by atoms with E-state index < -0.39 is 0 Å². The van der Waals surface area contributed by atoms with Gasteiger partial charge in [-0.15, -0.1) is 0 Å². The first-order valence-corrected chi connectivity index (χ1v) is 11.8. The maximum Gasteiger partial charge on any atom is 0.180 e.